The molecular formula is C18H16F2N2O3. The van der Waals surface area contributed by atoms with Gasteiger partial charge in [0, 0.05) is 11.1 Å². The first-order valence-corrected chi connectivity index (χ1v) is 7.58. The van der Waals surface area contributed by atoms with E-state index < -0.39 is 29.1 Å². The van der Waals surface area contributed by atoms with Crippen molar-refractivity contribution in [2.75, 3.05) is 7.11 Å². The Hall–Kier alpha value is -2.96. The number of nitrogens with one attached hydrogen (secondary N) is 1. The van der Waals surface area contributed by atoms with Crippen LogP contribution in [-0.4, -0.2) is 23.9 Å². The number of ether oxygens (including phenoxy) is 1. The summed E-state index contributed by atoms with van der Waals surface area (Å²) in [5, 5.41) is 2.46. The van der Waals surface area contributed by atoms with E-state index in [9.17, 15) is 18.4 Å². The monoisotopic (exact) mass is 346 g/mol. The minimum Gasteiger partial charge on any atom is -0.496 e. The standard InChI is InChI=1S/C18H16F2N2O3/c1-18(13-9-12(19)7-8-14(13)20)16(23)22(17(24)21-18)10-11-5-3-4-6-15(11)25-2/h3-9H,10H2,1-2H3,(H,21,24)/t18-/m1/s1. The van der Waals surface area contributed by atoms with Crippen LogP contribution in [0.1, 0.15) is 18.1 Å². The summed E-state index contributed by atoms with van der Waals surface area (Å²) in [5.74, 6) is -1.60. The number of para-hydroxylation sites is 1. The van der Waals surface area contributed by atoms with Crippen LogP contribution in [0.25, 0.3) is 0 Å². The Morgan fingerprint density at radius 1 is 1.16 bits per heavy atom. The van der Waals surface area contributed by atoms with Gasteiger partial charge >= 0.3 is 6.03 Å². The summed E-state index contributed by atoms with van der Waals surface area (Å²) in [6, 6.07) is 9.07. The predicted molar refractivity (Wildman–Crippen MR) is 85.8 cm³/mol. The summed E-state index contributed by atoms with van der Waals surface area (Å²) in [7, 11) is 1.48. The molecular weight excluding hydrogens is 330 g/mol. The number of urea groups is 1. The minimum absolute atomic E-state index is 0.0405. The lowest BCUT2D eigenvalue weighted by Gasteiger charge is -2.23. The molecule has 1 saturated heterocycles. The Morgan fingerprint density at radius 3 is 2.60 bits per heavy atom. The predicted octanol–water partition coefficient (Wildman–Crippen LogP) is 2.94. The maximum atomic E-state index is 14.1. The van der Waals surface area contributed by atoms with E-state index >= 15 is 0 Å². The third-order valence-corrected chi connectivity index (χ3v) is 4.26. The first-order valence-electron chi connectivity index (χ1n) is 7.58. The quantitative estimate of drug-likeness (QED) is 0.866. The number of amides is 3. The summed E-state index contributed by atoms with van der Waals surface area (Å²) in [6.45, 7) is 1.31. The highest BCUT2D eigenvalue weighted by Crippen LogP contribution is 2.32. The van der Waals surface area contributed by atoms with Crippen LogP contribution in [0.4, 0.5) is 13.6 Å². The van der Waals surface area contributed by atoms with E-state index in [1.165, 1.54) is 14.0 Å². The molecule has 25 heavy (non-hydrogen) atoms. The van der Waals surface area contributed by atoms with Crippen molar-refractivity contribution >= 4 is 11.9 Å². The van der Waals surface area contributed by atoms with Gasteiger partial charge in [0.05, 0.1) is 13.7 Å². The summed E-state index contributed by atoms with van der Waals surface area (Å²) < 4.78 is 32.9. The number of carbonyl (C=O) groups excluding carboxylic acids is 2. The highest BCUT2D eigenvalue weighted by molar-refractivity contribution is 6.07. The maximum Gasteiger partial charge on any atom is 0.325 e. The van der Waals surface area contributed by atoms with Gasteiger partial charge in [-0.25, -0.2) is 13.6 Å². The second-order valence-electron chi connectivity index (χ2n) is 5.88. The maximum absolute atomic E-state index is 14.1. The summed E-state index contributed by atoms with van der Waals surface area (Å²) in [5.41, 5.74) is -1.27. The lowest BCUT2D eigenvalue weighted by atomic mass is 9.91. The number of halogens is 2. The van der Waals surface area contributed by atoms with Crippen molar-refractivity contribution in [1.29, 1.82) is 0 Å². The normalized spacial score (nSPS) is 19.9. The average molecular weight is 346 g/mol. The summed E-state index contributed by atoms with van der Waals surface area (Å²) in [4.78, 5) is 26.1. The number of benzene rings is 2. The molecule has 1 heterocycles. The number of methoxy groups -OCH3 is 1. The molecule has 2 aromatic rings. The van der Waals surface area contributed by atoms with Crippen LogP contribution in [-0.2, 0) is 16.9 Å². The zero-order valence-corrected chi connectivity index (χ0v) is 13.7. The van der Waals surface area contributed by atoms with Crippen molar-refractivity contribution in [3.63, 3.8) is 0 Å². The number of imide groups is 1. The van der Waals surface area contributed by atoms with Crippen LogP contribution < -0.4 is 10.1 Å². The lowest BCUT2D eigenvalue weighted by Crippen LogP contribution is -2.41. The van der Waals surface area contributed by atoms with Crippen molar-refractivity contribution in [2.45, 2.75) is 19.0 Å². The van der Waals surface area contributed by atoms with Crippen LogP contribution in [0.3, 0.4) is 0 Å². The summed E-state index contributed by atoms with van der Waals surface area (Å²) in [6.07, 6.45) is 0. The Bertz CT molecular complexity index is 856. The third-order valence-electron chi connectivity index (χ3n) is 4.26. The minimum atomic E-state index is -1.68. The van der Waals surface area contributed by atoms with Gasteiger partial charge in [-0.2, -0.15) is 0 Å². The van der Waals surface area contributed by atoms with E-state index in [-0.39, 0.29) is 12.1 Å². The topological polar surface area (TPSA) is 58.6 Å². The molecule has 3 amide bonds. The van der Waals surface area contributed by atoms with Crippen molar-refractivity contribution in [1.82, 2.24) is 10.2 Å². The van der Waals surface area contributed by atoms with Gasteiger partial charge in [-0.15, -0.1) is 0 Å². The van der Waals surface area contributed by atoms with E-state index in [4.69, 9.17) is 4.74 Å². The van der Waals surface area contributed by atoms with Gasteiger partial charge in [0.1, 0.15) is 22.9 Å². The summed E-state index contributed by atoms with van der Waals surface area (Å²) >= 11 is 0. The highest BCUT2D eigenvalue weighted by Gasteiger charge is 2.50. The van der Waals surface area contributed by atoms with E-state index in [2.05, 4.69) is 5.32 Å². The van der Waals surface area contributed by atoms with Gasteiger partial charge in [-0.05, 0) is 31.2 Å². The fourth-order valence-corrected chi connectivity index (χ4v) is 2.91. The molecule has 7 heteroatoms. The van der Waals surface area contributed by atoms with Gasteiger partial charge in [0.2, 0.25) is 0 Å². The Kier molecular flexibility index (Phi) is 4.16. The zero-order chi connectivity index (χ0) is 18.2. The molecule has 5 nitrogen and oxygen atoms in total. The molecule has 0 aromatic heterocycles. The van der Waals surface area contributed by atoms with Crippen molar-refractivity contribution in [3.05, 3.63) is 65.2 Å². The fourth-order valence-electron chi connectivity index (χ4n) is 2.91. The molecule has 130 valence electrons. The van der Waals surface area contributed by atoms with E-state index in [0.717, 1.165) is 23.1 Å². The van der Waals surface area contributed by atoms with Crippen LogP contribution in [0, 0.1) is 11.6 Å². The molecule has 1 fully saturated rings. The van der Waals surface area contributed by atoms with E-state index in [0.29, 0.717) is 11.3 Å². The molecule has 0 radical (unpaired) electrons. The number of hydrogen-bond acceptors (Lipinski definition) is 3. The second kappa shape index (κ2) is 6.16. The van der Waals surface area contributed by atoms with Gasteiger partial charge in [-0.3, -0.25) is 9.69 Å². The van der Waals surface area contributed by atoms with Crippen molar-refractivity contribution in [3.8, 4) is 5.75 Å². The van der Waals surface area contributed by atoms with Gasteiger partial charge < -0.3 is 10.1 Å². The van der Waals surface area contributed by atoms with Crippen molar-refractivity contribution in [2.24, 2.45) is 0 Å². The molecule has 0 aliphatic carbocycles. The number of carbonyl (C=O) groups is 2. The van der Waals surface area contributed by atoms with Crippen LogP contribution in [0.5, 0.6) is 5.75 Å². The highest BCUT2D eigenvalue weighted by atomic mass is 19.1. The molecule has 0 unspecified atom stereocenters. The molecule has 1 aliphatic heterocycles. The SMILES string of the molecule is COc1ccccc1CN1C(=O)N[C@](C)(c2cc(F)ccc2F)C1=O. The molecule has 0 bridgehead atoms. The van der Waals surface area contributed by atoms with E-state index in [1.54, 1.807) is 24.3 Å². The van der Waals surface area contributed by atoms with Gasteiger partial charge in [-0.1, -0.05) is 18.2 Å². The second-order valence-corrected chi connectivity index (χ2v) is 5.88. The van der Waals surface area contributed by atoms with Gasteiger partial charge in [0.25, 0.3) is 5.91 Å². The first kappa shape index (κ1) is 16.9. The molecule has 2 aromatic carbocycles. The molecule has 1 aliphatic rings. The Balaban J connectivity index is 1.96. The zero-order valence-electron chi connectivity index (χ0n) is 13.7. The Morgan fingerprint density at radius 2 is 1.88 bits per heavy atom. The van der Waals surface area contributed by atoms with Crippen LogP contribution in [0.2, 0.25) is 0 Å². The van der Waals surface area contributed by atoms with Crippen LogP contribution >= 0.6 is 0 Å². The number of nitrogens with zero attached hydrogens (tertiary/aromatic N) is 1. The van der Waals surface area contributed by atoms with Crippen LogP contribution in [0.15, 0.2) is 42.5 Å². The largest absolute Gasteiger partial charge is 0.496 e. The Labute approximate surface area is 143 Å². The number of hydrogen-bond donors (Lipinski definition) is 1. The smallest absolute Gasteiger partial charge is 0.325 e. The third kappa shape index (κ3) is 2.82. The molecule has 1 N–H and O–H groups in total. The van der Waals surface area contributed by atoms with Crippen molar-refractivity contribution < 1.29 is 23.1 Å². The molecule has 1 atom stereocenters. The number of rotatable bonds is 4. The first-order chi connectivity index (χ1) is 11.9. The molecule has 0 saturated carbocycles. The molecule has 3 rings (SSSR count). The fraction of sp³-hybridized carbons (Fsp3) is 0.222. The average Bonchev–Trinajstić information content (AvgIpc) is 2.81. The van der Waals surface area contributed by atoms with Gasteiger partial charge in [0.15, 0.2) is 0 Å². The molecule has 0 spiro atoms. The lowest BCUT2D eigenvalue weighted by molar-refractivity contribution is -0.131. The van der Waals surface area contributed by atoms with E-state index in [1.807, 2.05) is 0 Å².